The number of hydrogen-bond donors (Lipinski definition) is 9. The number of ether oxygens (including phenoxy) is 2. The highest BCUT2D eigenvalue weighted by Crippen LogP contribution is 2.49. The number of hydrogen-bond acceptors (Lipinski definition) is 15. The lowest BCUT2D eigenvalue weighted by atomic mass is 9.85. The first kappa shape index (κ1) is 60.9. The van der Waals surface area contributed by atoms with Crippen LogP contribution in [0.3, 0.4) is 0 Å². The zero-order chi connectivity index (χ0) is 48.5. The van der Waals surface area contributed by atoms with Gasteiger partial charge >= 0.3 is 27.6 Å². The minimum absolute atomic E-state index is 0.0156. The summed E-state index contributed by atoms with van der Waals surface area (Å²) in [5, 5.41) is 62.0. The van der Waals surface area contributed by atoms with Crippen LogP contribution in [0.1, 0.15) is 155 Å². The maximum atomic E-state index is 13.0. The van der Waals surface area contributed by atoms with Crippen molar-refractivity contribution in [3.63, 3.8) is 0 Å². The Kier molecular flexibility index (Phi) is 33.7. The number of phosphoric ester groups is 2. The average molecular weight is 971 g/mol. The summed E-state index contributed by atoms with van der Waals surface area (Å²) in [7, 11) is -10.8. The van der Waals surface area contributed by atoms with E-state index in [1.165, 1.54) is 44.9 Å². The molecule has 0 amide bonds. The van der Waals surface area contributed by atoms with Gasteiger partial charge in [-0.25, -0.2) is 9.13 Å². The van der Waals surface area contributed by atoms with Gasteiger partial charge in [0.1, 0.15) is 43.2 Å². The first-order valence-corrected chi connectivity index (χ1v) is 26.4. The van der Waals surface area contributed by atoms with Gasteiger partial charge in [-0.2, -0.15) is 0 Å². The molecule has 10 atom stereocenters. The molecule has 378 valence electrons. The van der Waals surface area contributed by atoms with E-state index in [2.05, 4.69) is 42.7 Å². The number of unbranched alkanes of at least 4 members (excludes halogenated alkanes) is 12. The summed E-state index contributed by atoms with van der Waals surface area (Å²) >= 11 is 0. The van der Waals surface area contributed by atoms with Crippen LogP contribution in [0.5, 0.6) is 0 Å². The molecule has 65 heavy (non-hydrogen) atoms. The fourth-order valence-electron chi connectivity index (χ4n) is 6.88. The fraction of sp³-hybridized carbons (Fsp3) is 0.778. The van der Waals surface area contributed by atoms with Gasteiger partial charge in [0, 0.05) is 12.8 Å². The Hall–Kier alpha value is -2.12. The molecular weight excluding hydrogens is 890 g/mol. The van der Waals surface area contributed by atoms with E-state index < -0.39 is 95.7 Å². The van der Waals surface area contributed by atoms with Gasteiger partial charge in [0.25, 0.3) is 0 Å². The molecule has 0 aromatic rings. The van der Waals surface area contributed by atoms with Crippen molar-refractivity contribution < 1.29 is 87.1 Å². The number of allylic oxidation sites excluding steroid dienone is 7. The molecule has 0 aromatic carbocycles. The smallest absolute Gasteiger partial charge is 0.462 e. The monoisotopic (exact) mass is 970 g/mol. The van der Waals surface area contributed by atoms with Crippen LogP contribution in [0.4, 0.5) is 0 Å². The van der Waals surface area contributed by atoms with Crippen molar-refractivity contribution in [2.24, 2.45) is 0 Å². The maximum absolute atomic E-state index is 13.0. The minimum atomic E-state index is -5.39. The molecule has 1 aliphatic rings. The van der Waals surface area contributed by atoms with Crippen LogP contribution in [0.25, 0.3) is 0 Å². The third-order valence-electron chi connectivity index (χ3n) is 10.6. The molecule has 18 nitrogen and oxygen atoms in total. The van der Waals surface area contributed by atoms with E-state index in [1.54, 1.807) is 6.08 Å². The number of carbonyl (C=O) groups excluding carboxylic acids is 2. The van der Waals surface area contributed by atoms with Crippen molar-refractivity contribution in [2.75, 3.05) is 13.2 Å². The van der Waals surface area contributed by atoms with Crippen LogP contribution in [-0.4, -0.2) is 125 Å². The van der Waals surface area contributed by atoms with Gasteiger partial charge in [-0.15, -0.1) is 0 Å². The van der Waals surface area contributed by atoms with Crippen molar-refractivity contribution in [2.45, 2.75) is 210 Å². The van der Waals surface area contributed by atoms with Crippen LogP contribution in [0.2, 0.25) is 0 Å². The summed E-state index contributed by atoms with van der Waals surface area (Å²) in [6.07, 6.45) is 16.6. The molecule has 0 saturated heterocycles. The normalized spacial score (nSPS) is 23.1. The molecule has 1 fully saturated rings. The zero-order valence-corrected chi connectivity index (χ0v) is 40.2. The summed E-state index contributed by atoms with van der Waals surface area (Å²) in [5.74, 6) is -1.49. The van der Waals surface area contributed by atoms with E-state index in [0.717, 1.165) is 51.4 Å². The zero-order valence-electron chi connectivity index (χ0n) is 38.4. The second-order valence-corrected chi connectivity index (χ2v) is 19.0. The van der Waals surface area contributed by atoms with Gasteiger partial charge in [0.15, 0.2) is 6.10 Å². The van der Waals surface area contributed by atoms with Gasteiger partial charge in [0.05, 0.1) is 18.8 Å². The molecule has 5 unspecified atom stereocenters. The summed E-state index contributed by atoms with van der Waals surface area (Å²) in [6.45, 7) is 2.73. The largest absolute Gasteiger partial charge is 0.472 e. The molecular formula is C45H80O18P2. The second kappa shape index (κ2) is 35.9. The first-order valence-electron chi connectivity index (χ1n) is 23.3. The highest BCUT2D eigenvalue weighted by molar-refractivity contribution is 7.47. The lowest BCUT2D eigenvalue weighted by Gasteiger charge is -2.43. The third-order valence-corrected chi connectivity index (χ3v) is 12.1. The Morgan fingerprint density at radius 1 is 0.554 bits per heavy atom. The van der Waals surface area contributed by atoms with Crippen molar-refractivity contribution in [1.82, 2.24) is 0 Å². The number of rotatable bonds is 38. The molecule has 0 spiro atoms. The van der Waals surface area contributed by atoms with Gasteiger partial charge in [-0.1, -0.05) is 140 Å². The molecule has 20 heteroatoms. The van der Waals surface area contributed by atoms with E-state index >= 15 is 0 Å². The third kappa shape index (κ3) is 30.1. The number of carbonyl (C=O) groups is 2. The maximum Gasteiger partial charge on any atom is 0.472 e. The Bertz CT molecular complexity index is 1480. The summed E-state index contributed by atoms with van der Waals surface area (Å²) < 4.78 is 49.1. The summed E-state index contributed by atoms with van der Waals surface area (Å²) in [6, 6.07) is 0. The molecule has 1 saturated carbocycles. The Morgan fingerprint density at radius 3 is 1.55 bits per heavy atom. The Morgan fingerprint density at radius 2 is 1.03 bits per heavy atom. The number of aliphatic hydroxyl groups excluding tert-OH is 6. The van der Waals surface area contributed by atoms with Gasteiger partial charge in [-0.3, -0.25) is 23.2 Å². The van der Waals surface area contributed by atoms with E-state index in [0.29, 0.717) is 12.8 Å². The average Bonchev–Trinajstić information content (AvgIpc) is 3.25. The van der Waals surface area contributed by atoms with Crippen molar-refractivity contribution in [3.05, 3.63) is 48.6 Å². The SMILES string of the molecule is CC/C=C\C/C=C\C/C=C\C/C=C\C[C@H](O)[C@@H](O)CCCC(=O)OC[C@H](COP(=O)(O)O[C@H]1C(O)C(O)C(O)[C@@H](OP(=O)(O)O)C1O)OC(=O)CCCCCCCCCCCCCCC. The van der Waals surface area contributed by atoms with Crippen LogP contribution in [-0.2, 0) is 41.8 Å². The van der Waals surface area contributed by atoms with Crippen molar-refractivity contribution >= 4 is 27.6 Å². The molecule has 1 rings (SSSR count). The number of esters is 2. The molecule has 1 aliphatic carbocycles. The van der Waals surface area contributed by atoms with Gasteiger partial charge < -0.3 is 54.8 Å². The van der Waals surface area contributed by atoms with Gasteiger partial charge in [-0.05, 0) is 51.4 Å². The fourth-order valence-corrected chi connectivity index (χ4v) is 8.42. The quantitative estimate of drug-likeness (QED) is 0.0139. The lowest BCUT2D eigenvalue weighted by Crippen LogP contribution is -2.64. The van der Waals surface area contributed by atoms with E-state index in [9.17, 15) is 54.3 Å². The molecule has 0 aliphatic heterocycles. The van der Waals surface area contributed by atoms with Crippen LogP contribution < -0.4 is 0 Å². The molecule has 0 bridgehead atoms. The van der Waals surface area contributed by atoms with Gasteiger partial charge in [0.2, 0.25) is 0 Å². The van der Waals surface area contributed by atoms with Crippen LogP contribution in [0, 0.1) is 0 Å². The number of aliphatic hydroxyl groups is 6. The van der Waals surface area contributed by atoms with E-state index in [4.69, 9.17) is 28.3 Å². The highest BCUT2D eigenvalue weighted by Gasteiger charge is 2.54. The highest BCUT2D eigenvalue weighted by atomic mass is 31.2. The molecule has 0 radical (unpaired) electrons. The first-order chi connectivity index (χ1) is 30.9. The van der Waals surface area contributed by atoms with Crippen molar-refractivity contribution in [3.8, 4) is 0 Å². The van der Waals surface area contributed by atoms with Crippen LogP contribution >= 0.6 is 15.6 Å². The molecule has 0 heterocycles. The minimum Gasteiger partial charge on any atom is -0.462 e. The Labute approximate surface area is 385 Å². The van der Waals surface area contributed by atoms with Crippen molar-refractivity contribution in [1.29, 1.82) is 0 Å². The Balaban J connectivity index is 2.70. The number of phosphoric acid groups is 2. The standard InChI is InChI=1S/C45H80O18P2/c1-3-5-7-9-11-13-15-17-19-21-23-25-27-31-39(49)61-35(34-60-65(57,58)63-45-42(52)40(50)41(51)44(43(45)53)62-64(54,55)56)33-59-38(48)32-28-30-37(47)36(46)29-26-24-22-20-18-16-14-12-10-8-6-4-2/h6,8,12,14,18,20,24,26,35-37,40-47,50-53H,3-5,7,9-11,13,15-17,19,21-23,25,27-34H2,1-2H3,(H,57,58)(H2,54,55,56)/b8-6-,14-12-,20-18-,26-24-/t35-,36+,37+,40?,41?,42?,43?,44-,45+/m1/s1. The van der Waals surface area contributed by atoms with E-state index in [-0.39, 0.29) is 32.1 Å². The predicted molar refractivity (Wildman–Crippen MR) is 244 cm³/mol. The predicted octanol–water partition coefficient (Wildman–Crippen LogP) is 6.45. The molecule has 9 N–H and O–H groups in total. The lowest BCUT2D eigenvalue weighted by molar-refractivity contribution is -0.216. The summed E-state index contributed by atoms with van der Waals surface area (Å²) in [5.41, 5.74) is 0. The summed E-state index contributed by atoms with van der Waals surface area (Å²) in [4.78, 5) is 54.3. The topological polar surface area (TPSA) is 296 Å². The van der Waals surface area contributed by atoms with Crippen LogP contribution in [0.15, 0.2) is 48.6 Å². The van der Waals surface area contributed by atoms with E-state index in [1.807, 2.05) is 18.2 Å². The molecule has 0 aromatic heterocycles. The second-order valence-electron chi connectivity index (χ2n) is 16.4.